The molecule has 0 saturated carbocycles. The molecule has 41 heavy (non-hydrogen) atoms. The number of hydrogen-bond acceptors (Lipinski definition) is 6. The average molecular weight is 568 g/mol. The second-order valence-corrected chi connectivity index (χ2v) is 12.9. The van der Waals surface area contributed by atoms with Gasteiger partial charge in [-0.3, -0.25) is 4.79 Å². The zero-order valence-electron chi connectivity index (χ0n) is 25.6. The van der Waals surface area contributed by atoms with E-state index in [0.717, 1.165) is 51.4 Å². The maximum Gasteiger partial charge on any atom is 0.344 e. The topological polar surface area (TPSA) is 78.6 Å². The number of nitrogens with zero attached hydrogens (tertiary/aromatic N) is 1. The number of aromatic nitrogens is 1. The van der Waals surface area contributed by atoms with Crippen molar-refractivity contribution in [3.05, 3.63) is 58.8 Å². The summed E-state index contributed by atoms with van der Waals surface area (Å²) in [6.45, 7) is 13.8. The van der Waals surface area contributed by atoms with Crippen LogP contribution in [0.15, 0.2) is 51.8 Å². The van der Waals surface area contributed by atoms with E-state index in [2.05, 4.69) is 32.7 Å². The van der Waals surface area contributed by atoms with Crippen LogP contribution in [0.2, 0.25) is 0 Å². The summed E-state index contributed by atoms with van der Waals surface area (Å²) in [4.78, 5) is 29.4. The lowest BCUT2D eigenvalue weighted by molar-refractivity contribution is -0.157. The number of halogens is 1. The smallest absolute Gasteiger partial charge is 0.344 e. The highest BCUT2D eigenvalue weighted by atomic mass is 19.1. The van der Waals surface area contributed by atoms with Gasteiger partial charge in [0, 0.05) is 17.6 Å². The Labute approximate surface area is 243 Å². The van der Waals surface area contributed by atoms with Gasteiger partial charge in [0.15, 0.2) is 0 Å². The molecular weight excluding hydrogens is 521 g/mol. The second kappa shape index (κ2) is 14.6. The monoisotopic (exact) mass is 567 g/mol. The molecule has 2 heterocycles. The molecule has 0 amide bonds. The standard InChI is InChI=1S/C34H46FNO5/c1-24(22-33(2,3)4)34(5,6)32(38)40-19-13-11-9-7-8-10-12-18-39-30-21-29-26(23-36-30)20-28(31(37)41-29)25-14-16-27(35)17-15-25/h14-17,20-21,23-24H,7-13,18-19,22H2,1-6H3. The van der Waals surface area contributed by atoms with E-state index in [9.17, 15) is 14.0 Å². The first-order valence-electron chi connectivity index (χ1n) is 14.9. The van der Waals surface area contributed by atoms with Gasteiger partial charge in [-0.2, -0.15) is 0 Å². The highest BCUT2D eigenvalue weighted by Crippen LogP contribution is 2.37. The molecule has 3 rings (SSSR count). The van der Waals surface area contributed by atoms with Gasteiger partial charge in [-0.15, -0.1) is 0 Å². The molecule has 6 nitrogen and oxygen atoms in total. The number of pyridine rings is 1. The number of benzene rings is 1. The van der Waals surface area contributed by atoms with E-state index in [0.29, 0.717) is 41.2 Å². The number of ether oxygens (including phenoxy) is 2. The zero-order valence-corrected chi connectivity index (χ0v) is 25.6. The van der Waals surface area contributed by atoms with Crippen LogP contribution in [-0.4, -0.2) is 24.2 Å². The van der Waals surface area contributed by atoms with E-state index < -0.39 is 11.0 Å². The molecule has 2 aromatic heterocycles. The van der Waals surface area contributed by atoms with Crippen molar-refractivity contribution in [3.8, 4) is 17.0 Å². The fourth-order valence-electron chi connectivity index (χ4n) is 4.90. The highest BCUT2D eigenvalue weighted by molar-refractivity contribution is 5.81. The summed E-state index contributed by atoms with van der Waals surface area (Å²) in [6, 6.07) is 9.05. The first-order valence-corrected chi connectivity index (χ1v) is 14.9. The molecule has 0 saturated heterocycles. The average Bonchev–Trinajstić information content (AvgIpc) is 2.90. The van der Waals surface area contributed by atoms with Crippen LogP contribution in [0.3, 0.4) is 0 Å². The Morgan fingerprint density at radius 2 is 1.54 bits per heavy atom. The van der Waals surface area contributed by atoms with Crippen LogP contribution in [0.1, 0.15) is 92.9 Å². The van der Waals surface area contributed by atoms with Crippen molar-refractivity contribution in [3.63, 3.8) is 0 Å². The minimum Gasteiger partial charge on any atom is -0.478 e. The Kier molecular flexibility index (Phi) is 11.5. The molecule has 0 bridgehead atoms. The summed E-state index contributed by atoms with van der Waals surface area (Å²) >= 11 is 0. The van der Waals surface area contributed by atoms with Crippen LogP contribution < -0.4 is 10.4 Å². The van der Waals surface area contributed by atoms with Gasteiger partial charge in [-0.25, -0.2) is 14.2 Å². The maximum absolute atomic E-state index is 13.2. The Balaban J connectivity index is 1.29. The number of esters is 1. The van der Waals surface area contributed by atoms with E-state index in [1.165, 1.54) is 12.1 Å². The predicted octanol–water partition coefficient (Wildman–Crippen LogP) is 8.75. The van der Waals surface area contributed by atoms with E-state index in [1.54, 1.807) is 30.5 Å². The third-order valence-corrected chi connectivity index (χ3v) is 7.70. The summed E-state index contributed by atoms with van der Waals surface area (Å²) in [7, 11) is 0. The van der Waals surface area contributed by atoms with Gasteiger partial charge in [0.1, 0.15) is 11.4 Å². The Bertz CT molecular complexity index is 1320. The molecule has 0 N–H and O–H groups in total. The zero-order chi connectivity index (χ0) is 30.0. The summed E-state index contributed by atoms with van der Waals surface area (Å²) in [5.41, 5.74) is 0.577. The number of rotatable bonds is 15. The fourth-order valence-corrected chi connectivity index (χ4v) is 4.90. The van der Waals surface area contributed by atoms with Crippen molar-refractivity contribution in [1.82, 2.24) is 4.98 Å². The minimum atomic E-state index is -0.492. The largest absolute Gasteiger partial charge is 0.478 e. The predicted molar refractivity (Wildman–Crippen MR) is 161 cm³/mol. The lowest BCUT2D eigenvalue weighted by Crippen LogP contribution is -2.35. The van der Waals surface area contributed by atoms with E-state index in [1.807, 2.05) is 13.8 Å². The van der Waals surface area contributed by atoms with Crippen LogP contribution in [0.25, 0.3) is 22.1 Å². The summed E-state index contributed by atoms with van der Waals surface area (Å²) < 4.78 is 30.1. The van der Waals surface area contributed by atoms with Crippen LogP contribution in [0.5, 0.6) is 5.88 Å². The van der Waals surface area contributed by atoms with E-state index in [4.69, 9.17) is 13.9 Å². The third kappa shape index (κ3) is 9.98. The van der Waals surface area contributed by atoms with Gasteiger partial charge in [0.25, 0.3) is 0 Å². The number of fused-ring (bicyclic) bond motifs is 1. The van der Waals surface area contributed by atoms with Crippen molar-refractivity contribution in [2.45, 2.75) is 92.9 Å². The number of carbonyl (C=O) groups is 1. The normalized spacial score (nSPS) is 12.9. The molecule has 0 aliphatic heterocycles. The van der Waals surface area contributed by atoms with Crippen LogP contribution >= 0.6 is 0 Å². The number of hydrogen-bond donors (Lipinski definition) is 0. The highest BCUT2D eigenvalue weighted by Gasteiger charge is 2.37. The van der Waals surface area contributed by atoms with Crippen LogP contribution in [-0.2, 0) is 9.53 Å². The fraction of sp³-hybridized carbons (Fsp3) is 0.559. The van der Waals surface area contributed by atoms with Gasteiger partial charge in [-0.05, 0) is 68.2 Å². The Morgan fingerprint density at radius 1 is 0.927 bits per heavy atom. The van der Waals surface area contributed by atoms with Crippen molar-refractivity contribution in [2.75, 3.05) is 13.2 Å². The van der Waals surface area contributed by atoms with Crippen molar-refractivity contribution < 1.29 is 23.1 Å². The van der Waals surface area contributed by atoms with Gasteiger partial charge in [0.05, 0.1) is 24.2 Å². The van der Waals surface area contributed by atoms with E-state index >= 15 is 0 Å². The second-order valence-electron chi connectivity index (χ2n) is 12.9. The maximum atomic E-state index is 13.2. The Morgan fingerprint density at radius 3 is 2.17 bits per heavy atom. The number of unbranched alkanes of at least 4 members (excludes halogenated alkanes) is 6. The van der Waals surface area contributed by atoms with Gasteiger partial charge in [0.2, 0.25) is 5.88 Å². The third-order valence-electron chi connectivity index (χ3n) is 7.70. The Hall–Kier alpha value is -3.22. The molecule has 0 aliphatic rings. The van der Waals surface area contributed by atoms with Gasteiger partial charge < -0.3 is 13.9 Å². The van der Waals surface area contributed by atoms with Crippen molar-refractivity contribution in [2.24, 2.45) is 16.7 Å². The van der Waals surface area contributed by atoms with Crippen molar-refractivity contribution in [1.29, 1.82) is 0 Å². The SMILES string of the molecule is CC(CC(C)(C)C)C(C)(C)C(=O)OCCCCCCCCCOc1cc2oc(=O)c(-c3ccc(F)cc3)cc2cn1. The lowest BCUT2D eigenvalue weighted by Gasteiger charge is -2.34. The first-order chi connectivity index (χ1) is 19.4. The summed E-state index contributed by atoms with van der Waals surface area (Å²) in [5.74, 6) is 0.227. The summed E-state index contributed by atoms with van der Waals surface area (Å²) in [5, 5.41) is 0.671. The van der Waals surface area contributed by atoms with Gasteiger partial charge in [-0.1, -0.05) is 71.9 Å². The molecule has 1 aromatic carbocycles. The summed E-state index contributed by atoms with van der Waals surface area (Å²) in [6.07, 6.45) is 9.89. The van der Waals surface area contributed by atoms with Gasteiger partial charge >= 0.3 is 11.6 Å². The molecule has 1 atom stereocenters. The molecule has 0 aliphatic carbocycles. The van der Waals surface area contributed by atoms with Crippen LogP contribution in [0.4, 0.5) is 4.39 Å². The quantitative estimate of drug-likeness (QED) is 0.135. The molecule has 224 valence electrons. The van der Waals surface area contributed by atoms with Crippen molar-refractivity contribution >= 4 is 16.9 Å². The molecular formula is C34H46FNO5. The first kappa shape index (κ1) is 32.3. The molecule has 0 spiro atoms. The molecule has 3 aromatic rings. The molecule has 1 unspecified atom stereocenters. The minimum absolute atomic E-state index is 0.0907. The van der Waals surface area contributed by atoms with E-state index in [-0.39, 0.29) is 23.1 Å². The lowest BCUT2D eigenvalue weighted by atomic mass is 9.72. The molecule has 7 heteroatoms. The molecule has 0 fully saturated rings. The number of carbonyl (C=O) groups excluding carboxylic acids is 1. The van der Waals surface area contributed by atoms with Crippen LogP contribution in [0, 0.1) is 22.6 Å². The molecule has 0 radical (unpaired) electrons.